The Balaban J connectivity index is 2.21. The van der Waals surface area contributed by atoms with Crippen LogP contribution in [0.2, 0.25) is 0 Å². The average molecular weight is 314 g/mol. The number of rotatable bonds is 4. The van der Waals surface area contributed by atoms with E-state index in [1.807, 2.05) is 0 Å². The first-order valence-electron chi connectivity index (χ1n) is 6.67. The largest absolute Gasteiger partial charge is 0.465 e. The summed E-state index contributed by atoms with van der Waals surface area (Å²) in [5.74, 6) is -0.920. The molecule has 23 heavy (non-hydrogen) atoms. The number of nitrogens with one attached hydrogen (secondary N) is 1. The van der Waals surface area contributed by atoms with Crippen LogP contribution >= 0.6 is 0 Å². The molecule has 2 aromatic carbocycles. The standard InChI is InChI=1S/C16H14N2O5/c1-10-13(4-3-5-14(10)18(21)22)17-15(19)11-6-8-12(9-7-11)16(20)23-2/h3-9H,1-2H3,(H,17,19). The van der Waals surface area contributed by atoms with Gasteiger partial charge in [-0.15, -0.1) is 0 Å². The lowest BCUT2D eigenvalue weighted by molar-refractivity contribution is -0.385. The molecule has 0 spiro atoms. The van der Waals surface area contributed by atoms with Crippen LogP contribution in [0.15, 0.2) is 42.5 Å². The van der Waals surface area contributed by atoms with Crippen LogP contribution < -0.4 is 5.32 Å². The number of ether oxygens (including phenoxy) is 1. The zero-order valence-corrected chi connectivity index (χ0v) is 12.5. The van der Waals surface area contributed by atoms with Gasteiger partial charge in [-0.2, -0.15) is 0 Å². The van der Waals surface area contributed by atoms with Gasteiger partial charge in [0, 0.05) is 11.6 Å². The Hall–Kier alpha value is -3.22. The van der Waals surface area contributed by atoms with E-state index in [1.54, 1.807) is 13.0 Å². The van der Waals surface area contributed by atoms with E-state index in [-0.39, 0.29) is 5.69 Å². The van der Waals surface area contributed by atoms with Crippen molar-refractivity contribution in [2.24, 2.45) is 0 Å². The highest BCUT2D eigenvalue weighted by Gasteiger charge is 2.15. The SMILES string of the molecule is COC(=O)c1ccc(C(=O)Nc2cccc([N+](=O)[O-])c2C)cc1. The molecule has 0 aliphatic heterocycles. The summed E-state index contributed by atoms with van der Waals surface area (Å²) in [7, 11) is 1.27. The Kier molecular flexibility index (Phi) is 4.70. The lowest BCUT2D eigenvalue weighted by Gasteiger charge is -2.09. The van der Waals surface area contributed by atoms with E-state index in [4.69, 9.17) is 0 Å². The van der Waals surface area contributed by atoms with Crippen LogP contribution in [-0.2, 0) is 4.74 Å². The number of carbonyl (C=O) groups excluding carboxylic acids is 2. The number of nitro benzene ring substituents is 1. The number of hydrogen-bond donors (Lipinski definition) is 1. The first-order chi connectivity index (χ1) is 10.9. The van der Waals surface area contributed by atoms with Crippen molar-refractivity contribution in [2.45, 2.75) is 6.92 Å². The average Bonchev–Trinajstić information content (AvgIpc) is 2.55. The maximum absolute atomic E-state index is 12.2. The molecule has 118 valence electrons. The van der Waals surface area contributed by atoms with E-state index in [1.165, 1.54) is 43.5 Å². The molecule has 0 heterocycles. The van der Waals surface area contributed by atoms with Gasteiger partial charge in [0.25, 0.3) is 11.6 Å². The van der Waals surface area contributed by atoms with E-state index < -0.39 is 16.8 Å². The summed E-state index contributed by atoms with van der Waals surface area (Å²) >= 11 is 0. The van der Waals surface area contributed by atoms with E-state index in [9.17, 15) is 19.7 Å². The summed E-state index contributed by atoms with van der Waals surface area (Å²) in [5, 5.41) is 13.5. The van der Waals surface area contributed by atoms with E-state index in [0.29, 0.717) is 22.4 Å². The highest BCUT2D eigenvalue weighted by molar-refractivity contribution is 6.05. The second-order valence-electron chi connectivity index (χ2n) is 4.73. The molecular weight excluding hydrogens is 300 g/mol. The first-order valence-corrected chi connectivity index (χ1v) is 6.67. The minimum Gasteiger partial charge on any atom is -0.465 e. The van der Waals surface area contributed by atoms with Gasteiger partial charge in [0.1, 0.15) is 0 Å². The summed E-state index contributed by atoms with van der Waals surface area (Å²) in [6, 6.07) is 10.4. The molecule has 2 aromatic rings. The van der Waals surface area contributed by atoms with Crippen molar-refractivity contribution in [1.82, 2.24) is 0 Å². The third-order valence-electron chi connectivity index (χ3n) is 3.32. The van der Waals surface area contributed by atoms with Gasteiger partial charge in [-0.3, -0.25) is 14.9 Å². The van der Waals surface area contributed by atoms with Crippen molar-refractivity contribution >= 4 is 23.3 Å². The molecule has 0 aliphatic carbocycles. The highest BCUT2D eigenvalue weighted by atomic mass is 16.6. The van der Waals surface area contributed by atoms with Crippen molar-refractivity contribution < 1.29 is 19.2 Å². The van der Waals surface area contributed by atoms with Gasteiger partial charge in [-0.25, -0.2) is 4.79 Å². The molecule has 0 unspecified atom stereocenters. The monoisotopic (exact) mass is 314 g/mol. The maximum Gasteiger partial charge on any atom is 0.337 e. The van der Waals surface area contributed by atoms with Gasteiger partial charge in [0.05, 0.1) is 28.8 Å². The number of carbonyl (C=O) groups is 2. The van der Waals surface area contributed by atoms with Crippen molar-refractivity contribution in [3.05, 3.63) is 69.3 Å². The van der Waals surface area contributed by atoms with Gasteiger partial charge in [0.15, 0.2) is 0 Å². The number of nitrogens with zero attached hydrogens (tertiary/aromatic N) is 1. The highest BCUT2D eigenvalue weighted by Crippen LogP contribution is 2.25. The molecular formula is C16H14N2O5. The lowest BCUT2D eigenvalue weighted by Crippen LogP contribution is -2.13. The molecule has 7 nitrogen and oxygen atoms in total. The maximum atomic E-state index is 12.2. The van der Waals surface area contributed by atoms with Crippen molar-refractivity contribution in [1.29, 1.82) is 0 Å². The zero-order valence-electron chi connectivity index (χ0n) is 12.5. The molecule has 0 saturated carbocycles. The quantitative estimate of drug-likeness (QED) is 0.531. The molecule has 0 bridgehead atoms. The number of esters is 1. The van der Waals surface area contributed by atoms with E-state index in [0.717, 1.165) is 0 Å². The smallest absolute Gasteiger partial charge is 0.337 e. The lowest BCUT2D eigenvalue weighted by atomic mass is 10.1. The van der Waals surface area contributed by atoms with E-state index >= 15 is 0 Å². The second kappa shape index (κ2) is 6.69. The number of nitro groups is 1. The van der Waals surface area contributed by atoms with Crippen LogP contribution in [0.3, 0.4) is 0 Å². The van der Waals surface area contributed by atoms with Gasteiger partial charge in [-0.05, 0) is 37.3 Å². The normalized spacial score (nSPS) is 10.0. The molecule has 0 saturated heterocycles. The Morgan fingerprint density at radius 1 is 1.09 bits per heavy atom. The fourth-order valence-corrected chi connectivity index (χ4v) is 2.03. The van der Waals surface area contributed by atoms with Crippen LogP contribution in [0.4, 0.5) is 11.4 Å². The topological polar surface area (TPSA) is 98.5 Å². The number of benzene rings is 2. The number of hydrogen-bond acceptors (Lipinski definition) is 5. The van der Waals surface area contributed by atoms with Crippen LogP contribution in [-0.4, -0.2) is 23.9 Å². The molecule has 0 aliphatic rings. The third-order valence-corrected chi connectivity index (χ3v) is 3.32. The van der Waals surface area contributed by atoms with Gasteiger partial charge < -0.3 is 10.1 Å². The molecule has 0 atom stereocenters. The Labute approximate surface area is 132 Å². The molecule has 2 rings (SSSR count). The Morgan fingerprint density at radius 3 is 2.26 bits per heavy atom. The summed E-state index contributed by atoms with van der Waals surface area (Å²) in [6.45, 7) is 1.56. The molecule has 0 aromatic heterocycles. The number of methoxy groups -OCH3 is 1. The summed E-state index contributed by atoms with van der Waals surface area (Å²) in [5.41, 5.74) is 1.32. The van der Waals surface area contributed by atoms with Crippen molar-refractivity contribution in [3.63, 3.8) is 0 Å². The van der Waals surface area contributed by atoms with Gasteiger partial charge in [-0.1, -0.05) is 6.07 Å². The molecule has 0 radical (unpaired) electrons. The van der Waals surface area contributed by atoms with Crippen LogP contribution in [0.25, 0.3) is 0 Å². The van der Waals surface area contributed by atoms with Gasteiger partial charge in [0.2, 0.25) is 0 Å². The van der Waals surface area contributed by atoms with Crippen LogP contribution in [0.1, 0.15) is 26.3 Å². The number of anilines is 1. The molecule has 1 N–H and O–H groups in total. The molecule has 7 heteroatoms. The predicted molar refractivity (Wildman–Crippen MR) is 83.6 cm³/mol. The summed E-state index contributed by atoms with van der Waals surface area (Å²) in [6.07, 6.45) is 0. The fourth-order valence-electron chi connectivity index (χ4n) is 2.03. The fraction of sp³-hybridized carbons (Fsp3) is 0.125. The van der Waals surface area contributed by atoms with Crippen molar-refractivity contribution in [2.75, 3.05) is 12.4 Å². The Bertz CT molecular complexity index is 769. The first kappa shape index (κ1) is 16.2. The zero-order chi connectivity index (χ0) is 17.0. The minimum absolute atomic E-state index is 0.0659. The van der Waals surface area contributed by atoms with Crippen LogP contribution in [0, 0.1) is 17.0 Å². The van der Waals surface area contributed by atoms with Crippen molar-refractivity contribution in [3.8, 4) is 0 Å². The third kappa shape index (κ3) is 3.52. The van der Waals surface area contributed by atoms with E-state index in [2.05, 4.69) is 10.1 Å². The predicted octanol–water partition coefficient (Wildman–Crippen LogP) is 2.94. The minimum atomic E-state index is -0.504. The summed E-state index contributed by atoms with van der Waals surface area (Å²) in [4.78, 5) is 34.0. The van der Waals surface area contributed by atoms with Crippen LogP contribution in [0.5, 0.6) is 0 Å². The number of amides is 1. The van der Waals surface area contributed by atoms with Gasteiger partial charge >= 0.3 is 5.97 Å². The second-order valence-corrected chi connectivity index (χ2v) is 4.73. The Morgan fingerprint density at radius 2 is 1.70 bits per heavy atom. The molecule has 1 amide bonds. The summed E-state index contributed by atoms with van der Waals surface area (Å²) < 4.78 is 4.58. The molecule has 0 fully saturated rings.